The van der Waals surface area contributed by atoms with Crippen molar-refractivity contribution in [3.63, 3.8) is 0 Å². The summed E-state index contributed by atoms with van der Waals surface area (Å²) in [6.45, 7) is 0. The van der Waals surface area contributed by atoms with E-state index in [1.54, 1.807) is 24.3 Å². The fourth-order valence-electron chi connectivity index (χ4n) is 2.01. The van der Waals surface area contributed by atoms with Crippen molar-refractivity contribution in [3.05, 3.63) is 67.6 Å². The number of hydrogen-bond acceptors (Lipinski definition) is 2. The molecule has 0 amide bonds. The van der Waals surface area contributed by atoms with E-state index in [2.05, 4.69) is 20.9 Å². The van der Waals surface area contributed by atoms with Crippen LogP contribution in [0.3, 0.4) is 0 Å². The number of oxazole rings is 1. The second-order valence-electron chi connectivity index (χ2n) is 4.30. The summed E-state index contributed by atoms with van der Waals surface area (Å²) >= 11 is 16.0. The molecule has 3 nitrogen and oxygen atoms in total. The van der Waals surface area contributed by atoms with Gasteiger partial charge in [0.15, 0.2) is 5.58 Å². The van der Waals surface area contributed by atoms with Gasteiger partial charge in [0.25, 0.3) is 0 Å². The number of halogens is 3. The van der Waals surface area contributed by atoms with Crippen LogP contribution in [-0.4, -0.2) is 4.98 Å². The molecule has 1 heterocycles. The molecule has 6 heteroatoms. The lowest BCUT2D eigenvalue weighted by Crippen LogP contribution is -1.94. The molecule has 20 heavy (non-hydrogen) atoms. The zero-order valence-corrected chi connectivity index (χ0v) is 13.1. The van der Waals surface area contributed by atoms with Crippen molar-refractivity contribution in [2.45, 2.75) is 5.38 Å². The van der Waals surface area contributed by atoms with E-state index >= 15 is 0 Å². The minimum Gasteiger partial charge on any atom is -0.408 e. The van der Waals surface area contributed by atoms with E-state index in [1.165, 1.54) is 0 Å². The maximum atomic E-state index is 11.2. The first-order valence-corrected chi connectivity index (χ1v) is 7.37. The first kappa shape index (κ1) is 13.7. The molecule has 0 fully saturated rings. The molecule has 0 aliphatic heterocycles. The first-order chi connectivity index (χ1) is 9.54. The molecule has 0 spiro atoms. The average Bonchev–Trinajstić information content (AvgIpc) is 2.79. The number of nitrogens with one attached hydrogen (secondary N) is 1. The lowest BCUT2D eigenvalue weighted by Gasteiger charge is -2.12. The lowest BCUT2D eigenvalue weighted by atomic mass is 10.0. The molecule has 1 unspecified atom stereocenters. The molecule has 1 aromatic heterocycles. The van der Waals surface area contributed by atoms with Crippen molar-refractivity contribution in [3.8, 4) is 0 Å². The number of aromatic amines is 1. The van der Waals surface area contributed by atoms with Crippen LogP contribution in [0.4, 0.5) is 0 Å². The third kappa shape index (κ3) is 2.51. The molecule has 3 aromatic rings. The van der Waals surface area contributed by atoms with Crippen molar-refractivity contribution in [2.24, 2.45) is 0 Å². The van der Waals surface area contributed by atoms with Crippen molar-refractivity contribution in [2.75, 3.05) is 0 Å². The Balaban J connectivity index is 2.09. The van der Waals surface area contributed by atoms with Crippen LogP contribution in [0, 0.1) is 0 Å². The Bertz CT molecular complexity index is 841. The molecule has 2 aromatic carbocycles. The van der Waals surface area contributed by atoms with E-state index in [0.29, 0.717) is 16.1 Å². The van der Waals surface area contributed by atoms with Gasteiger partial charge in [-0.05, 0) is 41.5 Å². The highest BCUT2D eigenvalue weighted by atomic mass is 79.9. The van der Waals surface area contributed by atoms with Gasteiger partial charge in [0.05, 0.1) is 10.9 Å². The highest BCUT2D eigenvalue weighted by molar-refractivity contribution is 9.10. The number of alkyl halides is 1. The summed E-state index contributed by atoms with van der Waals surface area (Å²) in [4.78, 5) is 13.7. The molecular formula is C14H8BrCl2NO2. The van der Waals surface area contributed by atoms with Gasteiger partial charge >= 0.3 is 5.76 Å². The van der Waals surface area contributed by atoms with Gasteiger partial charge in [0.2, 0.25) is 0 Å². The number of benzene rings is 2. The van der Waals surface area contributed by atoms with Gasteiger partial charge < -0.3 is 4.42 Å². The van der Waals surface area contributed by atoms with Crippen molar-refractivity contribution < 1.29 is 4.42 Å². The third-order valence-corrected chi connectivity index (χ3v) is 4.41. The summed E-state index contributed by atoms with van der Waals surface area (Å²) in [5.74, 6) is -0.479. The lowest BCUT2D eigenvalue weighted by molar-refractivity contribution is 0.555. The molecule has 0 radical (unpaired) electrons. The molecule has 0 saturated heterocycles. The Morgan fingerprint density at radius 2 is 2.00 bits per heavy atom. The van der Waals surface area contributed by atoms with E-state index in [1.807, 2.05) is 12.1 Å². The fourth-order valence-corrected chi connectivity index (χ4v) is 3.11. The third-order valence-electron chi connectivity index (χ3n) is 2.97. The Morgan fingerprint density at radius 1 is 1.20 bits per heavy atom. The van der Waals surface area contributed by atoms with Gasteiger partial charge in [-0.15, -0.1) is 11.6 Å². The fraction of sp³-hybridized carbons (Fsp3) is 0.0714. The van der Waals surface area contributed by atoms with E-state index in [9.17, 15) is 4.79 Å². The van der Waals surface area contributed by atoms with Crippen LogP contribution in [0.5, 0.6) is 0 Å². The zero-order chi connectivity index (χ0) is 14.3. The quantitative estimate of drug-likeness (QED) is 0.652. The van der Waals surface area contributed by atoms with Gasteiger partial charge in [-0.25, -0.2) is 4.79 Å². The molecule has 1 N–H and O–H groups in total. The van der Waals surface area contributed by atoms with Gasteiger partial charge in [-0.3, -0.25) is 4.98 Å². The summed E-state index contributed by atoms with van der Waals surface area (Å²) < 4.78 is 5.91. The van der Waals surface area contributed by atoms with E-state index in [0.717, 1.165) is 15.6 Å². The summed E-state index contributed by atoms with van der Waals surface area (Å²) in [7, 11) is 0. The second kappa shape index (κ2) is 5.28. The maximum Gasteiger partial charge on any atom is 0.417 e. The Kier molecular flexibility index (Phi) is 3.63. The van der Waals surface area contributed by atoms with E-state index < -0.39 is 11.1 Å². The zero-order valence-electron chi connectivity index (χ0n) is 9.99. The number of H-pyrrole nitrogens is 1. The highest BCUT2D eigenvalue weighted by Gasteiger charge is 2.16. The second-order valence-corrected chi connectivity index (χ2v) is 6.03. The SMILES string of the molecule is O=c1[nH]c2ccc(C(Cl)c3cc(Cl)ccc3Br)cc2o1. The van der Waals surface area contributed by atoms with E-state index in [4.69, 9.17) is 27.6 Å². The summed E-state index contributed by atoms with van der Waals surface area (Å²) in [5.41, 5.74) is 2.81. The topological polar surface area (TPSA) is 46.0 Å². The highest BCUT2D eigenvalue weighted by Crippen LogP contribution is 2.36. The monoisotopic (exact) mass is 371 g/mol. The number of aromatic nitrogens is 1. The summed E-state index contributed by atoms with van der Waals surface area (Å²) in [6, 6.07) is 10.8. The first-order valence-electron chi connectivity index (χ1n) is 5.76. The van der Waals surface area contributed by atoms with Gasteiger partial charge in [0, 0.05) is 9.50 Å². The molecule has 0 aliphatic rings. The van der Waals surface area contributed by atoms with Crippen molar-refractivity contribution in [1.29, 1.82) is 0 Å². The summed E-state index contributed by atoms with van der Waals surface area (Å²) in [5, 5.41) is 0.218. The summed E-state index contributed by atoms with van der Waals surface area (Å²) in [6.07, 6.45) is 0. The van der Waals surface area contributed by atoms with Crippen LogP contribution >= 0.6 is 39.1 Å². The minimum atomic E-state index is -0.479. The average molecular weight is 373 g/mol. The standard InChI is InChI=1S/C14H8BrCl2NO2/c15-10-3-2-8(16)6-9(10)13(17)7-1-4-11-12(5-7)20-14(19)18-11/h1-6,13H,(H,18,19). The molecule has 1 atom stereocenters. The minimum absolute atomic E-state index is 0.396. The van der Waals surface area contributed by atoms with Crippen LogP contribution in [0.1, 0.15) is 16.5 Å². The largest absolute Gasteiger partial charge is 0.417 e. The van der Waals surface area contributed by atoms with Gasteiger partial charge in [-0.1, -0.05) is 33.6 Å². The maximum absolute atomic E-state index is 11.2. The van der Waals surface area contributed by atoms with Gasteiger partial charge in [0.1, 0.15) is 0 Å². The van der Waals surface area contributed by atoms with Gasteiger partial charge in [-0.2, -0.15) is 0 Å². The molecule has 102 valence electrons. The molecule has 3 rings (SSSR count). The van der Waals surface area contributed by atoms with Crippen LogP contribution in [0.25, 0.3) is 11.1 Å². The van der Waals surface area contributed by atoms with E-state index in [-0.39, 0.29) is 0 Å². The van der Waals surface area contributed by atoms with Crippen molar-refractivity contribution in [1.82, 2.24) is 4.98 Å². The predicted molar refractivity (Wildman–Crippen MR) is 83.7 cm³/mol. The van der Waals surface area contributed by atoms with Crippen LogP contribution in [-0.2, 0) is 0 Å². The number of fused-ring (bicyclic) bond motifs is 1. The number of rotatable bonds is 2. The number of hydrogen-bond donors (Lipinski definition) is 1. The Labute approximate surface area is 132 Å². The normalized spacial score (nSPS) is 12.8. The molecular weight excluding hydrogens is 365 g/mol. The van der Waals surface area contributed by atoms with Crippen LogP contribution in [0.15, 0.2) is 50.1 Å². The molecule has 0 saturated carbocycles. The molecule has 0 aliphatic carbocycles. The Morgan fingerprint density at radius 3 is 2.80 bits per heavy atom. The Hall–Kier alpha value is -1.23. The van der Waals surface area contributed by atoms with Crippen LogP contribution < -0.4 is 5.76 Å². The smallest absolute Gasteiger partial charge is 0.408 e. The van der Waals surface area contributed by atoms with Crippen molar-refractivity contribution >= 4 is 50.2 Å². The molecule has 0 bridgehead atoms. The van der Waals surface area contributed by atoms with Crippen LogP contribution in [0.2, 0.25) is 5.02 Å². The predicted octanol–water partition coefficient (Wildman–Crippen LogP) is 4.87.